The normalized spacial score (nSPS) is 11.6. The van der Waals surface area contributed by atoms with Crippen molar-refractivity contribution in [2.75, 3.05) is 11.9 Å². The van der Waals surface area contributed by atoms with Crippen molar-refractivity contribution in [2.24, 2.45) is 0 Å². The SMILES string of the molecule is CC(=O)c1cccc(NC(=O)NCC[C@H](O)c2ccccc2)c1. The molecule has 3 N–H and O–H groups in total. The summed E-state index contributed by atoms with van der Waals surface area (Å²) in [5.74, 6) is -0.0555. The molecule has 0 heterocycles. The van der Waals surface area contributed by atoms with E-state index in [4.69, 9.17) is 0 Å². The molecule has 0 saturated heterocycles. The van der Waals surface area contributed by atoms with Crippen molar-refractivity contribution in [3.8, 4) is 0 Å². The van der Waals surface area contributed by atoms with Crippen LogP contribution in [0.4, 0.5) is 10.5 Å². The Bertz CT molecular complexity index is 671. The first-order valence-electron chi connectivity index (χ1n) is 7.45. The van der Waals surface area contributed by atoms with Gasteiger partial charge in [0, 0.05) is 17.8 Å². The molecular formula is C18H20N2O3. The van der Waals surface area contributed by atoms with Crippen molar-refractivity contribution in [3.05, 3.63) is 65.7 Å². The number of ketones is 1. The first kappa shape index (κ1) is 16.7. The highest BCUT2D eigenvalue weighted by Gasteiger charge is 2.08. The zero-order valence-electron chi connectivity index (χ0n) is 13.0. The van der Waals surface area contributed by atoms with Gasteiger partial charge in [0.25, 0.3) is 0 Å². The zero-order valence-corrected chi connectivity index (χ0v) is 13.0. The summed E-state index contributed by atoms with van der Waals surface area (Å²) in [6.45, 7) is 1.82. The average molecular weight is 312 g/mol. The third-order valence-corrected chi connectivity index (χ3v) is 3.41. The summed E-state index contributed by atoms with van der Waals surface area (Å²) in [7, 11) is 0. The van der Waals surface area contributed by atoms with Gasteiger partial charge in [0.05, 0.1) is 6.10 Å². The number of hydrogen-bond acceptors (Lipinski definition) is 3. The Labute approximate surface area is 135 Å². The van der Waals surface area contributed by atoms with Crippen LogP contribution in [0.25, 0.3) is 0 Å². The Morgan fingerprint density at radius 2 is 1.83 bits per heavy atom. The van der Waals surface area contributed by atoms with E-state index in [0.717, 1.165) is 5.56 Å². The van der Waals surface area contributed by atoms with E-state index in [-0.39, 0.29) is 11.8 Å². The molecule has 0 aliphatic carbocycles. The number of aliphatic hydroxyl groups is 1. The second-order valence-electron chi connectivity index (χ2n) is 5.23. The van der Waals surface area contributed by atoms with Crippen LogP contribution in [0.1, 0.15) is 35.4 Å². The average Bonchev–Trinajstić information content (AvgIpc) is 2.55. The van der Waals surface area contributed by atoms with Gasteiger partial charge in [-0.25, -0.2) is 4.79 Å². The molecular weight excluding hydrogens is 292 g/mol. The molecule has 1 atom stereocenters. The first-order valence-corrected chi connectivity index (χ1v) is 7.45. The molecule has 5 heteroatoms. The van der Waals surface area contributed by atoms with Crippen molar-refractivity contribution in [1.29, 1.82) is 0 Å². The minimum absolute atomic E-state index is 0.0555. The van der Waals surface area contributed by atoms with Gasteiger partial charge in [0.1, 0.15) is 0 Å². The monoisotopic (exact) mass is 312 g/mol. The highest BCUT2D eigenvalue weighted by atomic mass is 16.3. The molecule has 0 unspecified atom stereocenters. The lowest BCUT2D eigenvalue weighted by Gasteiger charge is -2.12. The fourth-order valence-corrected chi connectivity index (χ4v) is 2.16. The minimum Gasteiger partial charge on any atom is -0.388 e. The number of hydrogen-bond donors (Lipinski definition) is 3. The Hall–Kier alpha value is -2.66. The number of carbonyl (C=O) groups excluding carboxylic acids is 2. The molecule has 2 amide bonds. The lowest BCUT2D eigenvalue weighted by molar-refractivity contribution is 0.101. The van der Waals surface area contributed by atoms with Gasteiger partial charge in [-0.3, -0.25) is 4.79 Å². The standard InChI is InChI=1S/C18H20N2O3/c1-13(21)15-8-5-9-16(12-15)20-18(23)19-11-10-17(22)14-6-3-2-4-7-14/h2-9,12,17,22H,10-11H2,1H3,(H2,19,20,23)/t17-/m0/s1. The summed E-state index contributed by atoms with van der Waals surface area (Å²) < 4.78 is 0. The van der Waals surface area contributed by atoms with Crippen LogP contribution < -0.4 is 10.6 Å². The molecule has 2 aromatic rings. The van der Waals surface area contributed by atoms with Crippen molar-refractivity contribution >= 4 is 17.5 Å². The number of nitrogens with one attached hydrogen (secondary N) is 2. The van der Waals surface area contributed by atoms with Gasteiger partial charge in [-0.15, -0.1) is 0 Å². The smallest absolute Gasteiger partial charge is 0.319 e. The summed E-state index contributed by atoms with van der Waals surface area (Å²) in [5.41, 5.74) is 1.92. The molecule has 0 aliphatic heterocycles. The Balaban J connectivity index is 1.79. The van der Waals surface area contributed by atoms with E-state index in [1.807, 2.05) is 30.3 Å². The largest absolute Gasteiger partial charge is 0.388 e. The molecule has 23 heavy (non-hydrogen) atoms. The maximum absolute atomic E-state index is 11.8. The number of rotatable bonds is 6. The topological polar surface area (TPSA) is 78.4 Å². The highest BCUT2D eigenvalue weighted by molar-refractivity contribution is 5.96. The van der Waals surface area contributed by atoms with Crippen LogP contribution in [-0.2, 0) is 0 Å². The number of urea groups is 1. The van der Waals surface area contributed by atoms with Gasteiger partial charge >= 0.3 is 6.03 Å². The second kappa shape index (κ2) is 8.10. The van der Waals surface area contributed by atoms with Crippen molar-refractivity contribution < 1.29 is 14.7 Å². The summed E-state index contributed by atoms with van der Waals surface area (Å²) in [6, 6.07) is 15.7. The van der Waals surface area contributed by atoms with Gasteiger partial charge in [-0.1, -0.05) is 42.5 Å². The number of Topliss-reactive ketones (excluding diaryl/α,β-unsaturated/α-hetero) is 1. The van der Waals surface area contributed by atoms with E-state index in [9.17, 15) is 14.7 Å². The van der Waals surface area contributed by atoms with Gasteiger partial charge in [0.15, 0.2) is 5.78 Å². The first-order chi connectivity index (χ1) is 11.1. The van der Waals surface area contributed by atoms with Crippen LogP contribution in [0.3, 0.4) is 0 Å². The fourth-order valence-electron chi connectivity index (χ4n) is 2.16. The lowest BCUT2D eigenvalue weighted by Crippen LogP contribution is -2.30. The Morgan fingerprint density at radius 1 is 1.09 bits per heavy atom. The van der Waals surface area contributed by atoms with Crippen LogP contribution in [0, 0.1) is 0 Å². The van der Waals surface area contributed by atoms with Gasteiger partial charge in [-0.2, -0.15) is 0 Å². The predicted molar refractivity (Wildman–Crippen MR) is 89.5 cm³/mol. The fraction of sp³-hybridized carbons (Fsp3) is 0.222. The van der Waals surface area contributed by atoms with Gasteiger partial charge < -0.3 is 15.7 Å². The number of amides is 2. The molecule has 0 aromatic heterocycles. The minimum atomic E-state index is -0.613. The summed E-state index contributed by atoms with van der Waals surface area (Å²) in [6.07, 6.45) is -0.192. The number of anilines is 1. The van der Waals surface area contributed by atoms with Crippen molar-refractivity contribution in [3.63, 3.8) is 0 Å². The van der Waals surface area contributed by atoms with Crippen molar-refractivity contribution in [1.82, 2.24) is 5.32 Å². The number of aliphatic hydroxyl groups excluding tert-OH is 1. The predicted octanol–water partition coefficient (Wildman–Crippen LogP) is 3.13. The van der Waals surface area contributed by atoms with Gasteiger partial charge in [0.2, 0.25) is 0 Å². The van der Waals surface area contributed by atoms with E-state index in [0.29, 0.717) is 24.2 Å². The van der Waals surface area contributed by atoms with Crippen LogP contribution >= 0.6 is 0 Å². The van der Waals surface area contributed by atoms with E-state index in [1.54, 1.807) is 24.3 Å². The van der Waals surface area contributed by atoms with E-state index >= 15 is 0 Å². The quantitative estimate of drug-likeness (QED) is 0.717. The second-order valence-corrected chi connectivity index (χ2v) is 5.23. The third-order valence-electron chi connectivity index (χ3n) is 3.41. The number of benzene rings is 2. The molecule has 0 spiro atoms. The third kappa shape index (κ3) is 5.23. The molecule has 0 fully saturated rings. The van der Waals surface area contributed by atoms with E-state index < -0.39 is 6.10 Å². The maximum Gasteiger partial charge on any atom is 0.319 e. The highest BCUT2D eigenvalue weighted by Crippen LogP contribution is 2.15. The summed E-state index contributed by atoms with van der Waals surface area (Å²) in [4.78, 5) is 23.1. The summed E-state index contributed by atoms with van der Waals surface area (Å²) >= 11 is 0. The summed E-state index contributed by atoms with van der Waals surface area (Å²) in [5, 5.41) is 15.4. The molecule has 0 radical (unpaired) electrons. The molecule has 2 rings (SSSR count). The molecule has 120 valence electrons. The van der Waals surface area contributed by atoms with Crippen LogP contribution in [0.5, 0.6) is 0 Å². The molecule has 5 nitrogen and oxygen atoms in total. The zero-order chi connectivity index (χ0) is 16.7. The number of carbonyl (C=O) groups is 2. The molecule has 0 bridgehead atoms. The van der Waals surface area contributed by atoms with Crippen molar-refractivity contribution in [2.45, 2.75) is 19.4 Å². The maximum atomic E-state index is 11.8. The lowest BCUT2D eigenvalue weighted by atomic mass is 10.1. The molecule has 2 aromatic carbocycles. The van der Waals surface area contributed by atoms with Gasteiger partial charge in [-0.05, 0) is 31.0 Å². The van der Waals surface area contributed by atoms with Crippen LogP contribution in [0.15, 0.2) is 54.6 Å². The van der Waals surface area contributed by atoms with E-state index in [2.05, 4.69) is 10.6 Å². The Morgan fingerprint density at radius 3 is 2.52 bits per heavy atom. The molecule has 0 aliphatic rings. The molecule has 0 saturated carbocycles. The van der Waals surface area contributed by atoms with Crippen LogP contribution in [-0.4, -0.2) is 23.5 Å². The van der Waals surface area contributed by atoms with E-state index in [1.165, 1.54) is 6.92 Å². The Kier molecular flexibility index (Phi) is 5.88. The van der Waals surface area contributed by atoms with Crippen LogP contribution in [0.2, 0.25) is 0 Å².